The molecule has 25 heavy (non-hydrogen) atoms. The van der Waals surface area contributed by atoms with E-state index in [2.05, 4.69) is 15.0 Å². The van der Waals surface area contributed by atoms with Crippen LogP contribution in [0.3, 0.4) is 0 Å². The molecule has 0 aliphatic carbocycles. The predicted molar refractivity (Wildman–Crippen MR) is 87.1 cm³/mol. The van der Waals surface area contributed by atoms with Gasteiger partial charge in [-0.05, 0) is 30.1 Å². The number of hydrogen-bond acceptors (Lipinski definition) is 5. The van der Waals surface area contributed by atoms with Gasteiger partial charge < -0.3 is 16.4 Å². The van der Waals surface area contributed by atoms with Gasteiger partial charge in [0.2, 0.25) is 0 Å². The van der Waals surface area contributed by atoms with Gasteiger partial charge in [0.25, 0.3) is 11.8 Å². The van der Waals surface area contributed by atoms with Crippen LogP contribution in [0.25, 0.3) is 0 Å². The minimum absolute atomic E-state index is 0.0225. The van der Waals surface area contributed by atoms with Crippen LogP contribution < -0.4 is 16.4 Å². The van der Waals surface area contributed by atoms with E-state index in [1.54, 1.807) is 6.92 Å². The summed E-state index contributed by atoms with van der Waals surface area (Å²) in [5.41, 5.74) is 4.68. The van der Waals surface area contributed by atoms with Gasteiger partial charge in [0.15, 0.2) is 5.69 Å². The van der Waals surface area contributed by atoms with Gasteiger partial charge in [0, 0.05) is 13.1 Å². The Kier molecular flexibility index (Phi) is 5.62. The predicted octanol–water partition coefficient (Wildman–Crippen LogP) is 2.42. The fraction of sp³-hybridized carbons (Fsp3) is 0.267. The Morgan fingerprint density at radius 2 is 1.88 bits per heavy atom. The quantitative estimate of drug-likeness (QED) is 0.751. The number of nitrogens with zero attached hydrogens (tertiary/aromatic N) is 1. The summed E-state index contributed by atoms with van der Waals surface area (Å²) >= 11 is 0.713. The van der Waals surface area contributed by atoms with Crippen LogP contribution in [-0.4, -0.2) is 22.7 Å². The minimum atomic E-state index is -4.52. The zero-order chi connectivity index (χ0) is 18.6. The van der Waals surface area contributed by atoms with Crippen LogP contribution >= 0.6 is 11.5 Å². The summed E-state index contributed by atoms with van der Waals surface area (Å²) < 4.78 is 42.6. The number of carbonyl (C=O) groups is 2. The molecular formula is C15H15F3N4O2S. The molecule has 4 N–H and O–H groups in total. The molecule has 0 radical (unpaired) electrons. The molecule has 1 aromatic heterocycles. The average molecular weight is 372 g/mol. The van der Waals surface area contributed by atoms with Gasteiger partial charge in [-0.3, -0.25) is 9.59 Å². The maximum absolute atomic E-state index is 12.9. The van der Waals surface area contributed by atoms with E-state index in [-0.39, 0.29) is 28.4 Å². The van der Waals surface area contributed by atoms with Crippen LogP contribution in [0.2, 0.25) is 0 Å². The highest BCUT2D eigenvalue weighted by atomic mass is 32.1. The number of nitrogens with one attached hydrogen (secondary N) is 2. The van der Waals surface area contributed by atoms with Crippen LogP contribution in [0.1, 0.15) is 38.2 Å². The summed E-state index contributed by atoms with van der Waals surface area (Å²) in [6, 6.07) is 4.94. The van der Waals surface area contributed by atoms with Gasteiger partial charge in [-0.25, -0.2) is 0 Å². The van der Waals surface area contributed by atoms with E-state index in [0.717, 1.165) is 6.07 Å². The Bertz CT molecular complexity index is 789. The second kappa shape index (κ2) is 7.51. The number of amides is 2. The fourth-order valence-electron chi connectivity index (χ4n) is 2.08. The molecule has 0 unspecified atom stereocenters. The van der Waals surface area contributed by atoms with Crippen molar-refractivity contribution in [2.24, 2.45) is 0 Å². The Morgan fingerprint density at radius 3 is 2.52 bits per heavy atom. The number of rotatable bonds is 5. The first-order valence-corrected chi connectivity index (χ1v) is 7.99. The van der Waals surface area contributed by atoms with E-state index in [9.17, 15) is 22.8 Å². The summed E-state index contributed by atoms with van der Waals surface area (Å²) in [6.07, 6.45) is -4.52. The van der Waals surface area contributed by atoms with Gasteiger partial charge in [-0.15, -0.1) is 0 Å². The van der Waals surface area contributed by atoms with E-state index < -0.39 is 23.6 Å². The first-order chi connectivity index (χ1) is 11.8. The van der Waals surface area contributed by atoms with Gasteiger partial charge >= 0.3 is 6.18 Å². The number of nitrogens with two attached hydrogens (primary N) is 1. The molecule has 2 amide bonds. The molecule has 0 bridgehead atoms. The van der Waals surface area contributed by atoms with Gasteiger partial charge in [0.05, 0.1) is 11.3 Å². The molecule has 2 aromatic rings. The van der Waals surface area contributed by atoms with E-state index in [0.29, 0.717) is 18.1 Å². The second-order valence-corrected chi connectivity index (χ2v) is 5.74. The van der Waals surface area contributed by atoms with Crippen molar-refractivity contribution < 1.29 is 22.8 Å². The summed E-state index contributed by atoms with van der Waals surface area (Å²) in [5.74, 6) is -1.21. The molecule has 6 nitrogen and oxygen atoms in total. The lowest BCUT2D eigenvalue weighted by molar-refractivity contribution is -0.138. The smallest absolute Gasteiger partial charge is 0.395 e. The molecule has 0 aliphatic rings. The number of hydrogen-bond donors (Lipinski definition) is 3. The topological polar surface area (TPSA) is 97.1 Å². The van der Waals surface area contributed by atoms with Crippen molar-refractivity contribution in [3.63, 3.8) is 0 Å². The molecule has 0 fully saturated rings. The molecule has 134 valence electrons. The molecule has 10 heteroatoms. The van der Waals surface area contributed by atoms with Crippen molar-refractivity contribution in [3.05, 3.63) is 46.0 Å². The summed E-state index contributed by atoms with van der Waals surface area (Å²) in [6.45, 7) is 1.75. The van der Waals surface area contributed by atoms with E-state index in [1.165, 1.54) is 18.2 Å². The standard InChI is InChI=1S/C15H15F3N4O2S/c1-2-20-13(23)11-10(19)12(25-22-11)14(24)21-7-8-5-3-4-6-9(8)15(16,17)18/h3-6H,2,7,19H2,1H3,(H,20,23)(H,21,24). The molecule has 0 aliphatic heterocycles. The molecule has 0 saturated heterocycles. The van der Waals surface area contributed by atoms with Crippen molar-refractivity contribution >= 4 is 29.0 Å². The fourth-order valence-corrected chi connectivity index (χ4v) is 2.79. The maximum atomic E-state index is 12.9. The number of carbonyl (C=O) groups excluding carboxylic acids is 2. The van der Waals surface area contributed by atoms with Crippen molar-refractivity contribution in [2.75, 3.05) is 12.3 Å². The number of benzene rings is 1. The zero-order valence-corrected chi connectivity index (χ0v) is 13.9. The largest absolute Gasteiger partial charge is 0.416 e. The van der Waals surface area contributed by atoms with Gasteiger partial charge in [-0.2, -0.15) is 17.5 Å². The highest BCUT2D eigenvalue weighted by Crippen LogP contribution is 2.31. The third kappa shape index (κ3) is 4.27. The van der Waals surface area contributed by atoms with E-state index in [1.807, 2.05) is 0 Å². The summed E-state index contributed by atoms with van der Waals surface area (Å²) in [5, 5.41) is 4.88. The molecule has 2 rings (SSSR count). The molecule has 0 spiro atoms. The molecule has 0 atom stereocenters. The van der Waals surface area contributed by atoms with Crippen LogP contribution in [0.4, 0.5) is 18.9 Å². The van der Waals surface area contributed by atoms with Crippen LogP contribution in [-0.2, 0) is 12.7 Å². The van der Waals surface area contributed by atoms with Gasteiger partial charge in [-0.1, -0.05) is 18.2 Å². The lowest BCUT2D eigenvalue weighted by Crippen LogP contribution is -2.26. The second-order valence-electron chi connectivity index (χ2n) is 4.97. The SMILES string of the molecule is CCNC(=O)c1nsc(C(=O)NCc2ccccc2C(F)(F)F)c1N. The molecule has 0 saturated carbocycles. The lowest BCUT2D eigenvalue weighted by atomic mass is 10.1. The van der Waals surface area contributed by atoms with Crippen LogP contribution in [0.15, 0.2) is 24.3 Å². The first-order valence-electron chi connectivity index (χ1n) is 7.22. The van der Waals surface area contributed by atoms with Crippen molar-refractivity contribution in [3.8, 4) is 0 Å². The van der Waals surface area contributed by atoms with Crippen molar-refractivity contribution in [1.29, 1.82) is 0 Å². The lowest BCUT2D eigenvalue weighted by Gasteiger charge is -2.13. The monoisotopic (exact) mass is 372 g/mol. The molecule has 1 aromatic carbocycles. The Morgan fingerprint density at radius 1 is 1.20 bits per heavy atom. The van der Waals surface area contributed by atoms with E-state index >= 15 is 0 Å². The number of alkyl halides is 3. The molecular weight excluding hydrogens is 357 g/mol. The number of aromatic nitrogens is 1. The highest BCUT2D eigenvalue weighted by Gasteiger charge is 2.33. The third-order valence-corrected chi connectivity index (χ3v) is 4.11. The zero-order valence-electron chi connectivity index (χ0n) is 13.1. The van der Waals surface area contributed by atoms with Crippen LogP contribution in [0, 0.1) is 0 Å². The highest BCUT2D eigenvalue weighted by molar-refractivity contribution is 7.09. The first kappa shape index (κ1) is 18.7. The summed E-state index contributed by atoms with van der Waals surface area (Å²) in [7, 11) is 0. The minimum Gasteiger partial charge on any atom is -0.395 e. The van der Waals surface area contributed by atoms with E-state index in [4.69, 9.17) is 5.73 Å². The van der Waals surface area contributed by atoms with Crippen molar-refractivity contribution in [1.82, 2.24) is 15.0 Å². The van der Waals surface area contributed by atoms with Crippen LogP contribution in [0.5, 0.6) is 0 Å². The molecule has 1 heterocycles. The Labute approximate surface area is 145 Å². The third-order valence-electron chi connectivity index (χ3n) is 3.25. The Hall–Kier alpha value is -2.62. The number of halogens is 3. The van der Waals surface area contributed by atoms with Gasteiger partial charge in [0.1, 0.15) is 4.88 Å². The Balaban J connectivity index is 2.13. The number of nitrogen functional groups attached to an aromatic ring is 1. The number of anilines is 1. The average Bonchev–Trinajstić information content (AvgIpc) is 2.94. The normalized spacial score (nSPS) is 11.2. The maximum Gasteiger partial charge on any atom is 0.416 e. The van der Waals surface area contributed by atoms with Crippen molar-refractivity contribution in [2.45, 2.75) is 19.6 Å². The summed E-state index contributed by atoms with van der Waals surface area (Å²) in [4.78, 5) is 23.9.